The highest BCUT2D eigenvalue weighted by atomic mass is 35.5. The van der Waals surface area contributed by atoms with Crippen molar-refractivity contribution < 1.29 is 4.74 Å². The van der Waals surface area contributed by atoms with Gasteiger partial charge in [-0.05, 0) is 17.5 Å². The lowest BCUT2D eigenvalue weighted by molar-refractivity contribution is 0.0414. The smallest absolute Gasteiger partial charge is 0.0829 e. The molecule has 13 heavy (non-hydrogen) atoms. The van der Waals surface area contributed by atoms with Gasteiger partial charge in [-0.1, -0.05) is 31.2 Å². The Morgan fingerprint density at radius 1 is 1.38 bits per heavy atom. The zero-order valence-electron chi connectivity index (χ0n) is 7.37. The van der Waals surface area contributed by atoms with E-state index in [9.17, 15) is 0 Å². The molecule has 1 aromatic carbocycles. The van der Waals surface area contributed by atoms with Gasteiger partial charge in [0.25, 0.3) is 0 Å². The zero-order chi connectivity index (χ0) is 9.26. The van der Waals surface area contributed by atoms with Gasteiger partial charge in [-0.25, -0.2) is 0 Å². The van der Waals surface area contributed by atoms with Crippen molar-refractivity contribution in [1.82, 2.24) is 0 Å². The molecule has 0 aromatic heterocycles. The fourth-order valence-corrected chi connectivity index (χ4v) is 1.98. The van der Waals surface area contributed by atoms with Gasteiger partial charge in [0.1, 0.15) is 0 Å². The molecule has 0 spiro atoms. The number of hydrogen-bond acceptors (Lipinski definition) is 1. The van der Waals surface area contributed by atoms with E-state index in [-0.39, 0.29) is 11.5 Å². The van der Waals surface area contributed by atoms with Crippen LogP contribution in [0, 0.1) is 6.92 Å². The molecule has 2 heteroatoms. The lowest BCUT2D eigenvalue weighted by Gasteiger charge is -2.28. The Hall–Kier alpha value is -0.530. The Kier molecular flexibility index (Phi) is 2.56. The molecule has 2 atom stereocenters. The molecule has 0 aliphatic carbocycles. The molecule has 0 fully saturated rings. The van der Waals surface area contributed by atoms with E-state index in [4.69, 9.17) is 16.3 Å². The molecule has 69 valence electrons. The molecular formula is C11H12ClO. The minimum atomic E-state index is -0.000926. The third-order valence-electron chi connectivity index (χ3n) is 2.39. The van der Waals surface area contributed by atoms with Crippen LogP contribution >= 0.6 is 11.6 Å². The van der Waals surface area contributed by atoms with Crippen LogP contribution in [0.3, 0.4) is 0 Å². The van der Waals surface area contributed by atoms with Gasteiger partial charge in [0, 0.05) is 0 Å². The third-order valence-corrected chi connectivity index (χ3v) is 2.75. The van der Waals surface area contributed by atoms with Crippen molar-refractivity contribution in [3.05, 3.63) is 42.3 Å². The normalized spacial score (nSPS) is 26.9. The second-order valence-corrected chi connectivity index (χ2v) is 3.73. The fraction of sp³-hybridized carbons (Fsp3) is 0.364. The Morgan fingerprint density at radius 3 is 2.77 bits per heavy atom. The molecule has 0 N–H and O–H groups in total. The van der Waals surface area contributed by atoms with E-state index in [1.165, 1.54) is 11.1 Å². The van der Waals surface area contributed by atoms with Crippen LogP contribution in [0.5, 0.6) is 0 Å². The zero-order valence-corrected chi connectivity index (χ0v) is 8.13. The lowest BCUT2D eigenvalue weighted by Crippen LogP contribution is -2.17. The first kappa shape index (κ1) is 9.04. The number of fused-ring (bicyclic) bond motifs is 1. The number of rotatable bonds is 1. The molecule has 1 radical (unpaired) electrons. The minimum Gasteiger partial charge on any atom is -0.372 e. The summed E-state index contributed by atoms with van der Waals surface area (Å²) in [6.07, 6.45) is 0.895. The third kappa shape index (κ3) is 1.59. The first-order valence-electron chi connectivity index (χ1n) is 4.46. The highest BCUT2D eigenvalue weighted by Crippen LogP contribution is 2.36. The molecule has 0 saturated carbocycles. The predicted molar refractivity (Wildman–Crippen MR) is 53.7 cm³/mol. The van der Waals surface area contributed by atoms with Crippen LogP contribution < -0.4 is 0 Å². The van der Waals surface area contributed by atoms with Gasteiger partial charge in [0.15, 0.2) is 0 Å². The number of halogens is 1. The van der Waals surface area contributed by atoms with Gasteiger partial charge in [-0.2, -0.15) is 0 Å². The van der Waals surface area contributed by atoms with E-state index < -0.39 is 0 Å². The van der Waals surface area contributed by atoms with Gasteiger partial charge < -0.3 is 4.74 Å². The molecule has 0 saturated heterocycles. The van der Waals surface area contributed by atoms with Crippen LogP contribution in [0.1, 0.15) is 29.0 Å². The predicted octanol–water partition coefficient (Wildman–Crippen LogP) is 3.26. The van der Waals surface area contributed by atoms with Gasteiger partial charge in [0.2, 0.25) is 0 Å². The molecule has 1 aliphatic heterocycles. The summed E-state index contributed by atoms with van der Waals surface area (Å²) in [5, 5.41) is -0.000926. The lowest BCUT2D eigenvalue weighted by atomic mass is 9.96. The second kappa shape index (κ2) is 3.69. The first-order chi connectivity index (χ1) is 6.33. The van der Waals surface area contributed by atoms with Crippen molar-refractivity contribution >= 4 is 11.6 Å². The van der Waals surface area contributed by atoms with Crippen LogP contribution in [0.25, 0.3) is 0 Å². The van der Waals surface area contributed by atoms with Crippen molar-refractivity contribution in [2.45, 2.75) is 17.9 Å². The van der Waals surface area contributed by atoms with Crippen molar-refractivity contribution in [3.8, 4) is 0 Å². The van der Waals surface area contributed by atoms with Crippen molar-refractivity contribution in [2.75, 3.05) is 6.61 Å². The van der Waals surface area contributed by atoms with Crippen LogP contribution in [0.2, 0.25) is 0 Å². The Morgan fingerprint density at radius 2 is 2.08 bits per heavy atom. The first-order valence-corrected chi connectivity index (χ1v) is 4.90. The van der Waals surface area contributed by atoms with E-state index in [0.29, 0.717) is 6.61 Å². The monoisotopic (exact) mass is 195 g/mol. The maximum atomic E-state index is 6.12. The minimum absolute atomic E-state index is 0.000926. The molecule has 1 heterocycles. The standard InChI is InChI=1S/C11H12ClO/c1-2-11-9-6-4-3-5-8(9)10(12)7-13-11/h3-6,10-11H,1-2,7H2/t10-,11?/m1/s1. The summed E-state index contributed by atoms with van der Waals surface area (Å²) in [5.74, 6) is 0. The molecule has 0 amide bonds. The number of hydrogen-bond donors (Lipinski definition) is 0. The Balaban J connectivity index is 2.42. The summed E-state index contributed by atoms with van der Waals surface area (Å²) >= 11 is 6.12. The topological polar surface area (TPSA) is 9.23 Å². The quantitative estimate of drug-likeness (QED) is 0.625. The van der Waals surface area contributed by atoms with E-state index in [1.54, 1.807) is 0 Å². The SMILES string of the molecule is [CH2]CC1OC[C@@H](Cl)c2ccccc21. The number of alkyl halides is 1. The average molecular weight is 196 g/mol. The molecule has 2 rings (SSSR count). The maximum Gasteiger partial charge on any atom is 0.0829 e. The summed E-state index contributed by atoms with van der Waals surface area (Å²) in [7, 11) is 0. The van der Waals surface area contributed by atoms with Gasteiger partial charge in [-0.3, -0.25) is 0 Å². The highest BCUT2D eigenvalue weighted by molar-refractivity contribution is 6.21. The van der Waals surface area contributed by atoms with Crippen molar-refractivity contribution in [2.24, 2.45) is 0 Å². The summed E-state index contributed by atoms with van der Waals surface area (Å²) < 4.78 is 5.57. The summed E-state index contributed by atoms with van der Waals surface area (Å²) in [4.78, 5) is 0. The fourth-order valence-electron chi connectivity index (χ4n) is 1.71. The summed E-state index contributed by atoms with van der Waals surface area (Å²) in [6.45, 7) is 4.46. The number of ether oxygens (including phenoxy) is 1. The maximum absolute atomic E-state index is 6.12. The molecule has 1 unspecified atom stereocenters. The van der Waals surface area contributed by atoms with Crippen molar-refractivity contribution in [1.29, 1.82) is 0 Å². The molecule has 0 bridgehead atoms. The summed E-state index contributed by atoms with van der Waals surface area (Å²) in [6, 6.07) is 8.16. The molecule has 1 aliphatic rings. The van der Waals surface area contributed by atoms with Crippen LogP contribution in [0.15, 0.2) is 24.3 Å². The van der Waals surface area contributed by atoms with E-state index in [2.05, 4.69) is 19.1 Å². The largest absolute Gasteiger partial charge is 0.372 e. The van der Waals surface area contributed by atoms with Gasteiger partial charge in [0.05, 0.1) is 18.1 Å². The van der Waals surface area contributed by atoms with E-state index >= 15 is 0 Å². The van der Waals surface area contributed by atoms with Crippen molar-refractivity contribution in [3.63, 3.8) is 0 Å². The number of benzene rings is 1. The van der Waals surface area contributed by atoms with Crippen LogP contribution in [0.4, 0.5) is 0 Å². The average Bonchev–Trinajstić information content (AvgIpc) is 2.19. The van der Waals surface area contributed by atoms with E-state index in [0.717, 1.165) is 6.42 Å². The second-order valence-electron chi connectivity index (χ2n) is 3.21. The summed E-state index contributed by atoms with van der Waals surface area (Å²) in [5.41, 5.74) is 2.40. The Labute approximate surface area is 83.7 Å². The van der Waals surface area contributed by atoms with E-state index in [1.807, 2.05) is 12.1 Å². The van der Waals surface area contributed by atoms with Crippen LogP contribution in [-0.4, -0.2) is 6.61 Å². The highest BCUT2D eigenvalue weighted by Gasteiger charge is 2.24. The van der Waals surface area contributed by atoms with Crippen LogP contribution in [-0.2, 0) is 4.74 Å². The molecule has 1 aromatic rings. The molecule has 1 nitrogen and oxygen atoms in total. The molecular weight excluding hydrogens is 184 g/mol. The Bertz CT molecular complexity index is 298. The van der Waals surface area contributed by atoms with Gasteiger partial charge >= 0.3 is 0 Å². The van der Waals surface area contributed by atoms with Gasteiger partial charge in [-0.15, -0.1) is 11.6 Å².